The average molecular weight is 327 g/mol. The van der Waals surface area contributed by atoms with E-state index >= 15 is 0 Å². The first-order chi connectivity index (χ1) is 10.9. The van der Waals surface area contributed by atoms with Gasteiger partial charge in [-0.3, -0.25) is 4.79 Å². The maximum absolute atomic E-state index is 12.1. The van der Waals surface area contributed by atoms with E-state index in [-0.39, 0.29) is 30.1 Å². The molecule has 23 heavy (non-hydrogen) atoms. The maximum atomic E-state index is 12.1. The van der Waals surface area contributed by atoms with Gasteiger partial charge in [0.2, 0.25) is 0 Å². The van der Waals surface area contributed by atoms with Crippen LogP contribution in [-0.2, 0) is 9.53 Å². The summed E-state index contributed by atoms with van der Waals surface area (Å²) in [5.41, 5.74) is 0.786. The van der Waals surface area contributed by atoms with Crippen LogP contribution in [0.15, 0.2) is 24.3 Å². The number of rotatable bonds is 6. The molecule has 1 aliphatic heterocycles. The maximum Gasteiger partial charge on any atom is 0.410 e. The summed E-state index contributed by atoms with van der Waals surface area (Å²) in [6.07, 6.45) is -0.0243. The normalized spacial score (nSPS) is 19.4. The van der Waals surface area contributed by atoms with Crippen LogP contribution in [0.25, 0.3) is 0 Å². The molecule has 1 heterocycles. The molecule has 0 spiro atoms. The van der Waals surface area contributed by atoms with Gasteiger partial charge in [-0.2, -0.15) is 8.78 Å². The predicted octanol–water partition coefficient (Wildman–Crippen LogP) is 3.54. The monoisotopic (exact) mass is 327 g/mol. The zero-order valence-electron chi connectivity index (χ0n) is 13.0. The second kappa shape index (κ2) is 7.39. The van der Waals surface area contributed by atoms with E-state index < -0.39 is 12.7 Å². The molecule has 1 saturated heterocycles. The third kappa shape index (κ3) is 4.64. The number of benzene rings is 1. The molecule has 0 radical (unpaired) electrons. The number of hydrogen-bond acceptors (Lipinski definition) is 4. The zero-order chi connectivity index (χ0) is 17.0. The van der Waals surface area contributed by atoms with Crippen molar-refractivity contribution in [1.29, 1.82) is 0 Å². The van der Waals surface area contributed by atoms with Crippen LogP contribution >= 0.6 is 0 Å². The molecule has 126 valence electrons. The Hall–Kier alpha value is -2.18. The molecular weight excluding hydrogens is 308 g/mol. The summed E-state index contributed by atoms with van der Waals surface area (Å²) in [6, 6.07) is 5.88. The van der Waals surface area contributed by atoms with Gasteiger partial charge >= 0.3 is 12.7 Å². The minimum absolute atomic E-state index is 0.0149. The Labute approximate surface area is 133 Å². The first-order valence-electron chi connectivity index (χ1n) is 7.38. The van der Waals surface area contributed by atoms with Gasteiger partial charge in [-0.15, -0.1) is 0 Å². The second-order valence-corrected chi connectivity index (χ2v) is 5.52. The fraction of sp³-hybridized carbons (Fsp3) is 0.500. The highest BCUT2D eigenvalue weighted by molar-refractivity contribution is 5.77. The molecule has 1 aromatic carbocycles. The Morgan fingerprint density at radius 3 is 2.57 bits per heavy atom. The lowest BCUT2D eigenvalue weighted by molar-refractivity contribution is -0.119. The van der Waals surface area contributed by atoms with Crippen molar-refractivity contribution in [2.24, 2.45) is 0 Å². The van der Waals surface area contributed by atoms with Gasteiger partial charge in [-0.25, -0.2) is 4.79 Å². The number of alkyl halides is 2. The Morgan fingerprint density at radius 1 is 1.39 bits per heavy atom. The highest BCUT2D eigenvalue weighted by Crippen LogP contribution is 2.27. The van der Waals surface area contributed by atoms with Crippen molar-refractivity contribution in [2.45, 2.75) is 45.4 Å². The number of hydrogen-bond donors (Lipinski definition) is 0. The topological polar surface area (TPSA) is 55.8 Å². The number of carbonyl (C=O) groups excluding carboxylic acids is 2. The van der Waals surface area contributed by atoms with Crippen molar-refractivity contribution in [2.75, 3.05) is 6.54 Å². The van der Waals surface area contributed by atoms with Gasteiger partial charge in [-0.05, 0) is 31.5 Å². The van der Waals surface area contributed by atoms with E-state index in [0.29, 0.717) is 13.0 Å². The lowest BCUT2D eigenvalue weighted by Crippen LogP contribution is -2.43. The van der Waals surface area contributed by atoms with Crippen molar-refractivity contribution < 1.29 is 27.8 Å². The summed E-state index contributed by atoms with van der Waals surface area (Å²) in [5, 5.41) is 0. The van der Waals surface area contributed by atoms with Crippen molar-refractivity contribution >= 4 is 11.9 Å². The van der Waals surface area contributed by atoms with Gasteiger partial charge in [0.1, 0.15) is 17.6 Å². The summed E-state index contributed by atoms with van der Waals surface area (Å²) >= 11 is 0. The van der Waals surface area contributed by atoms with E-state index in [1.807, 2.05) is 6.92 Å². The number of ether oxygens (including phenoxy) is 2. The number of carbonyl (C=O) groups is 2. The smallest absolute Gasteiger partial charge is 0.410 e. The van der Waals surface area contributed by atoms with Crippen LogP contribution in [0.3, 0.4) is 0 Å². The van der Waals surface area contributed by atoms with Crippen molar-refractivity contribution in [1.82, 2.24) is 4.90 Å². The minimum atomic E-state index is -2.87. The van der Waals surface area contributed by atoms with Crippen LogP contribution < -0.4 is 4.74 Å². The van der Waals surface area contributed by atoms with Gasteiger partial charge in [0.05, 0.1) is 6.04 Å². The van der Waals surface area contributed by atoms with E-state index in [1.54, 1.807) is 17.0 Å². The van der Waals surface area contributed by atoms with E-state index in [2.05, 4.69) is 4.74 Å². The molecule has 0 aliphatic carbocycles. The van der Waals surface area contributed by atoms with Gasteiger partial charge < -0.3 is 14.4 Å². The highest BCUT2D eigenvalue weighted by atomic mass is 19.3. The zero-order valence-corrected chi connectivity index (χ0v) is 13.0. The fourth-order valence-electron chi connectivity index (χ4n) is 2.57. The molecule has 1 fully saturated rings. The van der Waals surface area contributed by atoms with Crippen molar-refractivity contribution in [3.8, 4) is 5.75 Å². The summed E-state index contributed by atoms with van der Waals surface area (Å²) < 4.78 is 33.8. The number of amides is 1. The molecule has 1 amide bonds. The van der Waals surface area contributed by atoms with E-state index in [4.69, 9.17) is 4.74 Å². The third-order valence-corrected chi connectivity index (χ3v) is 3.76. The SMILES string of the molecule is CC(=O)CC1CCN(C(C)c2ccc(OC(F)F)cc2)C(=O)O1. The summed E-state index contributed by atoms with van der Waals surface area (Å²) in [6.45, 7) is 0.905. The van der Waals surface area contributed by atoms with E-state index in [9.17, 15) is 18.4 Å². The van der Waals surface area contributed by atoms with Gasteiger partial charge in [0, 0.05) is 19.4 Å². The van der Waals surface area contributed by atoms with Gasteiger partial charge in [-0.1, -0.05) is 12.1 Å². The first-order valence-corrected chi connectivity index (χ1v) is 7.38. The molecule has 2 unspecified atom stereocenters. The van der Waals surface area contributed by atoms with Gasteiger partial charge in [0.15, 0.2) is 0 Å². The minimum Gasteiger partial charge on any atom is -0.446 e. The number of Topliss-reactive ketones (excluding diaryl/α,β-unsaturated/α-hetero) is 1. The van der Waals surface area contributed by atoms with E-state index in [0.717, 1.165) is 5.56 Å². The molecular formula is C16H19F2NO4. The number of halogens is 2. The standard InChI is InChI=1S/C16H19F2NO4/c1-10(20)9-14-7-8-19(16(21)23-14)11(2)12-3-5-13(6-4-12)22-15(17)18/h3-6,11,14-15H,7-9H2,1-2H3. The van der Waals surface area contributed by atoms with Crippen molar-refractivity contribution in [3.63, 3.8) is 0 Å². The third-order valence-electron chi connectivity index (χ3n) is 3.76. The Bertz CT molecular complexity index is 562. The molecule has 2 atom stereocenters. The highest BCUT2D eigenvalue weighted by Gasteiger charge is 2.31. The van der Waals surface area contributed by atoms with Crippen LogP contribution in [-0.4, -0.2) is 36.0 Å². The predicted molar refractivity (Wildman–Crippen MR) is 78.4 cm³/mol. The van der Waals surface area contributed by atoms with E-state index in [1.165, 1.54) is 19.1 Å². The Balaban J connectivity index is 1.99. The summed E-state index contributed by atoms with van der Waals surface area (Å²) in [7, 11) is 0. The number of ketones is 1. The lowest BCUT2D eigenvalue weighted by Gasteiger charge is -2.35. The summed E-state index contributed by atoms with van der Waals surface area (Å²) in [5.74, 6) is 0.0533. The van der Waals surface area contributed by atoms with Crippen LogP contribution in [0, 0.1) is 0 Å². The molecule has 2 rings (SSSR count). The molecule has 0 aromatic heterocycles. The largest absolute Gasteiger partial charge is 0.446 e. The molecule has 1 aliphatic rings. The van der Waals surface area contributed by atoms with Crippen molar-refractivity contribution in [3.05, 3.63) is 29.8 Å². The Kier molecular flexibility index (Phi) is 5.52. The molecule has 7 heteroatoms. The number of cyclic esters (lactones) is 1. The summed E-state index contributed by atoms with van der Waals surface area (Å²) in [4.78, 5) is 24.7. The molecule has 1 aromatic rings. The second-order valence-electron chi connectivity index (χ2n) is 5.52. The quantitative estimate of drug-likeness (QED) is 0.802. The average Bonchev–Trinajstić information content (AvgIpc) is 2.46. The number of nitrogens with zero attached hydrogens (tertiary/aromatic N) is 1. The van der Waals surface area contributed by atoms with Gasteiger partial charge in [0.25, 0.3) is 0 Å². The fourth-order valence-corrected chi connectivity index (χ4v) is 2.57. The molecule has 0 N–H and O–H groups in total. The Morgan fingerprint density at radius 2 is 2.04 bits per heavy atom. The molecule has 0 saturated carbocycles. The van der Waals surface area contributed by atoms with Crippen LogP contribution in [0.5, 0.6) is 5.75 Å². The van der Waals surface area contributed by atoms with Crippen LogP contribution in [0.4, 0.5) is 13.6 Å². The molecule has 5 nitrogen and oxygen atoms in total. The van der Waals surface area contributed by atoms with Crippen LogP contribution in [0.1, 0.15) is 38.3 Å². The lowest BCUT2D eigenvalue weighted by atomic mass is 10.0. The molecule has 0 bridgehead atoms. The van der Waals surface area contributed by atoms with Crippen LogP contribution in [0.2, 0.25) is 0 Å². The first kappa shape index (κ1) is 17.2.